The molecule has 0 aliphatic carbocycles. The Morgan fingerprint density at radius 2 is 1.86 bits per heavy atom. The number of imidazole rings is 1. The molecule has 1 aliphatic rings. The Hall–Kier alpha value is -3.33. The third-order valence-corrected chi connectivity index (χ3v) is 4.97. The molecule has 0 unspecified atom stereocenters. The molecule has 0 amide bonds. The lowest BCUT2D eigenvalue weighted by Crippen LogP contribution is -2.37. The van der Waals surface area contributed by atoms with Gasteiger partial charge in [0.05, 0.1) is 13.2 Å². The highest BCUT2D eigenvalue weighted by molar-refractivity contribution is 5.87. The lowest BCUT2D eigenvalue weighted by atomic mass is 10.2. The zero-order valence-electron chi connectivity index (χ0n) is 16.3. The molecule has 0 N–H and O–H groups in total. The molecule has 29 heavy (non-hydrogen) atoms. The summed E-state index contributed by atoms with van der Waals surface area (Å²) in [4.78, 5) is 21.1. The first-order valence-electron chi connectivity index (χ1n) is 9.86. The van der Waals surface area contributed by atoms with Crippen molar-refractivity contribution in [2.75, 3.05) is 31.2 Å². The third kappa shape index (κ3) is 3.23. The Morgan fingerprint density at radius 1 is 1.03 bits per heavy atom. The third-order valence-electron chi connectivity index (χ3n) is 4.97. The zero-order valence-corrected chi connectivity index (χ0v) is 16.3. The standard InChI is InChI=1S/C20H22N8O/c1-2-9-27-17(15-4-7-21-8-5-15)23-16-18(26-11-13-29-14-12-26)24-20(25-19(16)27)28-10-3-6-22-28/h3-8,10H,2,9,11-14H2,1H3. The van der Waals surface area contributed by atoms with Gasteiger partial charge in [-0.1, -0.05) is 6.92 Å². The van der Waals surface area contributed by atoms with Gasteiger partial charge in [0, 0.05) is 50.0 Å². The number of hydrogen-bond donors (Lipinski definition) is 0. The average Bonchev–Trinajstić information content (AvgIpc) is 3.43. The van der Waals surface area contributed by atoms with Gasteiger partial charge in [0.2, 0.25) is 0 Å². The monoisotopic (exact) mass is 390 g/mol. The molecule has 0 radical (unpaired) electrons. The Kier molecular flexibility index (Phi) is 4.65. The Bertz CT molecular complexity index is 1100. The summed E-state index contributed by atoms with van der Waals surface area (Å²) in [6.45, 7) is 5.86. The van der Waals surface area contributed by atoms with E-state index in [1.165, 1.54) is 0 Å². The number of anilines is 1. The second-order valence-corrected chi connectivity index (χ2v) is 6.89. The van der Waals surface area contributed by atoms with Gasteiger partial charge < -0.3 is 14.2 Å². The summed E-state index contributed by atoms with van der Waals surface area (Å²) in [6, 6.07) is 5.82. The van der Waals surface area contributed by atoms with Crippen LogP contribution in [0.3, 0.4) is 0 Å². The maximum atomic E-state index is 5.54. The molecule has 9 nitrogen and oxygen atoms in total. The number of rotatable bonds is 5. The molecule has 1 fully saturated rings. The van der Waals surface area contributed by atoms with Gasteiger partial charge >= 0.3 is 0 Å². The van der Waals surface area contributed by atoms with E-state index in [2.05, 4.69) is 26.5 Å². The highest BCUT2D eigenvalue weighted by Gasteiger charge is 2.24. The molecular weight excluding hydrogens is 368 g/mol. The van der Waals surface area contributed by atoms with Crippen LogP contribution in [0.15, 0.2) is 43.0 Å². The molecule has 0 atom stereocenters. The summed E-state index contributed by atoms with van der Waals surface area (Å²) in [5.41, 5.74) is 2.64. The van der Waals surface area contributed by atoms with Gasteiger partial charge in [-0.15, -0.1) is 0 Å². The largest absolute Gasteiger partial charge is 0.378 e. The van der Waals surface area contributed by atoms with Crippen LogP contribution in [0, 0.1) is 0 Å². The van der Waals surface area contributed by atoms with Crippen LogP contribution in [0.4, 0.5) is 5.82 Å². The van der Waals surface area contributed by atoms with E-state index < -0.39 is 0 Å². The molecule has 0 saturated carbocycles. The van der Waals surface area contributed by atoms with Crippen molar-refractivity contribution < 1.29 is 4.74 Å². The van der Waals surface area contributed by atoms with E-state index in [-0.39, 0.29) is 0 Å². The van der Waals surface area contributed by atoms with E-state index in [0.29, 0.717) is 19.2 Å². The predicted octanol–water partition coefficient (Wildman–Crippen LogP) is 2.32. The number of nitrogens with zero attached hydrogens (tertiary/aromatic N) is 8. The molecule has 5 rings (SSSR count). The van der Waals surface area contributed by atoms with Gasteiger partial charge in [-0.05, 0) is 24.6 Å². The van der Waals surface area contributed by atoms with Crippen molar-refractivity contribution in [2.24, 2.45) is 0 Å². The molecule has 9 heteroatoms. The Labute approximate surface area is 168 Å². The second kappa shape index (κ2) is 7.59. The van der Waals surface area contributed by atoms with E-state index in [1.54, 1.807) is 23.3 Å². The summed E-state index contributed by atoms with van der Waals surface area (Å²) < 4.78 is 9.40. The minimum atomic E-state index is 0.544. The van der Waals surface area contributed by atoms with Gasteiger partial charge in [-0.3, -0.25) is 4.98 Å². The number of hydrogen-bond acceptors (Lipinski definition) is 7. The summed E-state index contributed by atoms with van der Waals surface area (Å²) in [6.07, 6.45) is 8.13. The molecule has 0 bridgehead atoms. The van der Waals surface area contributed by atoms with E-state index in [4.69, 9.17) is 19.7 Å². The van der Waals surface area contributed by atoms with Crippen molar-refractivity contribution in [3.63, 3.8) is 0 Å². The summed E-state index contributed by atoms with van der Waals surface area (Å²) in [5.74, 6) is 2.25. The van der Waals surface area contributed by atoms with Crippen LogP contribution in [0.1, 0.15) is 13.3 Å². The fourth-order valence-corrected chi connectivity index (χ4v) is 3.62. The van der Waals surface area contributed by atoms with Gasteiger partial charge in [0.15, 0.2) is 17.0 Å². The second-order valence-electron chi connectivity index (χ2n) is 6.89. The SMILES string of the molecule is CCCn1c(-c2ccncc2)nc2c(N3CCOCC3)nc(-n3cccn3)nc21. The quantitative estimate of drug-likeness (QED) is 0.517. The molecule has 1 saturated heterocycles. The van der Waals surface area contributed by atoms with E-state index in [0.717, 1.165) is 54.4 Å². The highest BCUT2D eigenvalue weighted by Crippen LogP contribution is 2.30. The lowest BCUT2D eigenvalue weighted by molar-refractivity contribution is 0.122. The van der Waals surface area contributed by atoms with Crippen molar-refractivity contribution in [3.05, 3.63) is 43.0 Å². The molecule has 0 spiro atoms. The van der Waals surface area contributed by atoms with Crippen LogP contribution >= 0.6 is 0 Å². The maximum Gasteiger partial charge on any atom is 0.254 e. The molecule has 148 valence electrons. The fraction of sp³-hybridized carbons (Fsp3) is 0.350. The van der Waals surface area contributed by atoms with E-state index >= 15 is 0 Å². The number of fused-ring (bicyclic) bond motifs is 1. The first-order valence-corrected chi connectivity index (χ1v) is 9.86. The zero-order chi connectivity index (χ0) is 19.6. The van der Waals surface area contributed by atoms with E-state index in [1.807, 2.05) is 24.4 Å². The minimum absolute atomic E-state index is 0.544. The number of ether oxygens (including phenoxy) is 1. The lowest BCUT2D eigenvalue weighted by Gasteiger charge is -2.28. The van der Waals surface area contributed by atoms with Crippen LogP contribution in [0.2, 0.25) is 0 Å². The maximum absolute atomic E-state index is 5.54. The van der Waals surface area contributed by atoms with Gasteiger partial charge in [0.25, 0.3) is 5.95 Å². The molecule has 4 aromatic heterocycles. The van der Waals surface area contributed by atoms with Crippen molar-refractivity contribution in [1.29, 1.82) is 0 Å². The van der Waals surface area contributed by atoms with E-state index in [9.17, 15) is 0 Å². The summed E-state index contributed by atoms with van der Waals surface area (Å²) in [7, 11) is 0. The number of aryl methyl sites for hydroxylation is 1. The normalized spacial score (nSPS) is 14.6. The number of pyridine rings is 1. The van der Waals surface area contributed by atoms with Gasteiger partial charge in [-0.25, -0.2) is 9.67 Å². The molecule has 0 aromatic carbocycles. The van der Waals surface area contributed by atoms with Gasteiger partial charge in [-0.2, -0.15) is 15.1 Å². The predicted molar refractivity (Wildman–Crippen MR) is 109 cm³/mol. The summed E-state index contributed by atoms with van der Waals surface area (Å²) in [5, 5.41) is 4.33. The first-order chi connectivity index (χ1) is 14.3. The van der Waals surface area contributed by atoms with Crippen LogP contribution < -0.4 is 4.90 Å². The topological polar surface area (TPSA) is 86.8 Å². The van der Waals surface area contributed by atoms with Crippen LogP contribution in [-0.4, -0.2) is 60.6 Å². The highest BCUT2D eigenvalue weighted by atomic mass is 16.5. The fourth-order valence-electron chi connectivity index (χ4n) is 3.62. The van der Waals surface area contributed by atoms with Crippen LogP contribution in [0.25, 0.3) is 28.5 Å². The van der Waals surface area contributed by atoms with Gasteiger partial charge in [0.1, 0.15) is 5.82 Å². The van der Waals surface area contributed by atoms with Crippen molar-refractivity contribution in [3.8, 4) is 17.3 Å². The smallest absolute Gasteiger partial charge is 0.254 e. The minimum Gasteiger partial charge on any atom is -0.378 e. The van der Waals surface area contributed by atoms with Crippen molar-refractivity contribution in [2.45, 2.75) is 19.9 Å². The number of morpholine rings is 1. The number of aromatic nitrogens is 7. The van der Waals surface area contributed by atoms with Crippen LogP contribution in [-0.2, 0) is 11.3 Å². The first kappa shape index (κ1) is 17.7. The molecule has 5 heterocycles. The summed E-state index contributed by atoms with van der Waals surface area (Å²) >= 11 is 0. The Morgan fingerprint density at radius 3 is 2.59 bits per heavy atom. The van der Waals surface area contributed by atoms with Crippen molar-refractivity contribution >= 4 is 17.0 Å². The average molecular weight is 390 g/mol. The van der Waals surface area contributed by atoms with Crippen molar-refractivity contribution in [1.82, 2.24) is 34.3 Å². The van der Waals surface area contributed by atoms with Crippen LogP contribution in [0.5, 0.6) is 0 Å². The molecule has 4 aromatic rings. The molecule has 1 aliphatic heterocycles. The molecular formula is C20H22N8O. The Balaban J connectivity index is 1.77.